The maximum atomic E-state index is 13.6. The molecule has 0 aliphatic carbocycles. The molecule has 158 valence electrons. The molecular formula is C23H19FN2O5. The molecule has 0 radical (unpaired) electrons. The van der Waals surface area contributed by atoms with E-state index in [1.165, 1.54) is 18.2 Å². The third-order valence-corrected chi connectivity index (χ3v) is 4.14. The van der Waals surface area contributed by atoms with Crippen LogP contribution in [0.5, 0.6) is 5.75 Å². The van der Waals surface area contributed by atoms with Gasteiger partial charge < -0.3 is 9.47 Å². The van der Waals surface area contributed by atoms with E-state index in [0.29, 0.717) is 11.3 Å². The van der Waals surface area contributed by atoms with Crippen LogP contribution >= 0.6 is 0 Å². The Morgan fingerprint density at radius 2 is 1.42 bits per heavy atom. The van der Waals surface area contributed by atoms with E-state index in [9.17, 15) is 18.8 Å². The van der Waals surface area contributed by atoms with Crippen molar-refractivity contribution in [2.75, 3.05) is 6.61 Å². The van der Waals surface area contributed by atoms with Crippen LogP contribution in [0.25, 0.3) is 0 Å². The molecule has 3 rings (SSSR count). The van der Waals surface area contributed by atoms with Crippen molar-refractivity contribution >= 4 is 17.8 Å². The average molecular weight is 422 g/mol. The van der Waals surface area contributed by atoms with Gasteiger partial charge in [0, 0.05) is 5.56 Å². The standard InChI is InChI=1S/C23H19FN2O5/c24-20-13-7-6-12-19(20)22(28)26-25-21(27)15-31-23(29)18-11-5-4-8-16(18)14-30-17-9-2-1-3-10-17/h1-13H,14-15H2,(H,25,27)(H,26,28). The van der Waals surface area contributed by atoms with Crippen LogP contribution in [0.4, 0.5) is 4.39 Å². The zero-order valence-electron chi connectivity index (χ0n) is 16.3. The molecular weight excluding hydrogens is 403 g/mol. The van der Waals surface area contributed by atoms with Gasteiger partial charge in [-0.2, -0.15) is 0 Å². The first-order valence-electron chi connectivity index (χ1n) is 9.31. The van der Waals surface area contributed by atoms with Gasteiger partial charge in [-0.25, -0.2) is 9.18 Å². The smallest absolute Gasteiger partial charge is 0.339 e. The molecule has 8 heteroatoms. The maximum absolute atomic E-state index is 13.6. The first kappa shape index (κ1) is 21.5. The molecule has 0 aromatic heterocycles. The summed E-state index contributed by atoms with van der Waals surface area (Å²) in [5, 5.41) is 0. The fourth-order valence-corrected chi connectivity index (χ4v) is 2.61. The molecule has 0 fully saturated rings. The van der Waals surface area contributed by atoms with Crippen molar-refractivity contribution in [1.82, 2.24) is 10.9 Å². The Morgan fingerprint density at radius 3 is 2.16 bits per heavy atom. The second-order valence-electron chi connectivity index (χ2n) is 6.32. The van der Waals surface area contributed by atoms with E-state index in [1.54, 1.807) is 36.4 Å². The molecule has 2 amide bonds. The van der Waals surface area contributed by atoms with Crippen molar-refractivity contribution < 1.29 is 28.2 Å². The first-order valence-corrected chi connectivity index (χ1v) is 9.31. The van der Waals surface area contributed by atoms with Gasteiger partial charge in [-0.15, -0.1) is 0 Å². The van der Waals surface area contributed by atoms with Crippen LogP contribution in [0, 0.1) is 5.82 Å². The van der Waals surface area contributed by atoms with Gasteiger partial charge >= 0.3 is 5.97 Å². The summed E-state index contributed by atoms with van der Waals surface area (Å²) in [4.78, 5) is 36.1. The quantitative estimate of drug-likeness (QED) is 0.451. The lowest BCUT2D eigenvalue weighted by Gasteiger charge is -2.11. The minimum absolute atomic E-state index is 0.139. The summed E-state index contributed by atoms with van der Waals surface area (Å²) < 4.78 is 24.2. The number of hydrazine groups is 1. The zero-order valence-corrected chi connectivity index (χ0v) is 16.3. The second kappa shape index (κ2) is 10.5. The van der Waals surface area contributed by atoms with E-state index >= 15 is 0 Å². The van der Waals surface area contributed by atoms with Gasteiger partial charge in [-0.3, -0.25) is 20.4 Å². The predicted octanol–water partition coefficient (Wildman–Crippen LogP) is 3.02. The van der Waals surface area contributed by atoms with E-state index in [0.717, 1.165) is 6.07 Å². The number of halogens is 1. The number of para-hydroxylation sites is 1. The van der Waals surface area contributed by atoms with Gasteiger partial charge in [0.15, 0.2) is 6.61 Å². The normalized spacial score (nSPS) is 10.1. The molecule has 7 nitrogen and oxygen atoms in total. The molecule has 0 bridgehead atoms. The fourth-order valence-electron chi connectivity index (χ4n) is 2.61. The Kier molecular flexibility index (Phi) is 7.31. The Morgan fingerprint density at radius 1 is 0.774 bits per heavy atom. The number of nitrogens with one attached hydrogen (secondary N) is 2. The number of hydrogen-bond donors (Lipinski definition) is 2. The van der Waals surface area contributed by atoms with Gasteiger partial charge in [-0.1, -0.05) is 48.5 Å². The summed E-state index contributed by atoms with van der Waals surface area (Å²) in [6, 6.07) is 21.1. The maximum Gasteiger partial charge on any atom is 0.339 e. The van der Waals surface area contributed by atoms with Crippen molar-refractivity contribution in [3.8, 4) is 5.75 Å². The highest BCUT2D eigenvalue weighted by atomic mass is 19.1. The Balaban J connectivity index is 1.50. The van der Waals surface area contributed by atoms with Crippen molar-refractivity contribution in [3.05, 3.63) is 101 Å². The molecule has 3 aromatic carbocycles. The number of esters is 1. The SMILES string of the molecule is O=C(COC(=O)c1ccccc1COc1ccccc1)NNC(=O)c1ccccc1F. The van der Waals surface area contributed by atoms with Gasteiger partial charge in [-0.05, 0) is 30.3 Å². The van der Waals surface area contributed by atoms with Gasteiger partial charge in [0.05, 0.1) is 11.1 Å². The van der Waals surface area contributed by atoms with Crippen LogP contribution < -0.4 is 15.6 Å². The lowest BCUT2D eigenvalue weighted by molar-refractivity contribution is -0.125. The molecule has 2 N–H and O–H groups in total. The number of benzene rings is 3. The third-order valence-electron chi connectivity index (χ3n) is 4.14. The second-order valence-corrected chi connectivity index (χ2v) is 6.32. The summed E-state index contributed by atoms with van der Waals surface area (Å²) in [6.07, 6.45) is 0. The molecule has 3 aromatic rings. The Hall–Kier alpha value is -4.20. The minimum Gasteiger partial charge on any atom is -0.489 e. The summed E-state index contributed by atoms with van der Waals surface area (Å²) >= 11 is 0. The van der Waals surface area contributed by atoms with Crippen LogP contribution in [0.3, 0.4) is 0 Å². The number of amides is 2. The number of ether oxygens (including phenoxy) is 2. The van der Waals surface area contributed by atoms with E-state index in [2.05, 4.69) is 10.9 Å². The fraction of sp³-hybridized carbons (Fsp3) is 0.0870. The summed E-state index contributed by atoms with van der Waals surface area (Å²) in [5.74, 6) is -2.41. The lowest BCUT2D eigenvalue weighted by atomic mass is 10.1. The Bertz CT molecular complexity index is 1070. The average Bonchev–Trinajstić information content (AvgIpc) is 2.80. The molecule has 0 aliphatic rings. The van der Waals surface area contributed by atoms with Crippen LogP contribution in [0.2, 0.25) is 0 Å². The molecule has 0 saturated heterocycles. The summed E-state index contributed by atoms with van der Waals surface area (Å²) in [6.45, 7) is -0.496. The van der Waals surface area contributed by atoms with Crippen molar-refractivity contribution in [1.29, 1.82) is 0 Å². The van der Waals surface area contributed by atoms with E-state index in [-0.39, 0.29) is 17.7 Å². The van der Waals surface area contributed by atoms with E-state index in [4.69, 9.17) is 9.47 Å². The van der Waals surface area contributed by atoms with Gasteiger partial charge in [0.25, 0.3) is 11.8 Å². The van der Waals surface area contributed by atoms with E-state index < -0.39 is 30.2 Å². The lowest BCUT2D eigenvalue weighted by Crippen LogP contribution is -2.43. The third kappa shape index (κ3) is 6.14. The monoisotopic (exact) mass is 422 g/mol. The summed E-state index contributed by atoms with van der Waals surface area (Å²) in [7, 11) is 0. The largest absolute Gasteiger partial charge is 0.489 e. The van der Waals surface area contributed by atoms with Crippen LogP contribution in [0.15, 0.2) is 78.9 Å². The number of carbonyl (C=O) groups excluding carboxylic acids is 3. The molecule has 0 saturated carbocycles. The number of rotatable bonds is 7. The van der Waals surface area contributed by atoms with E-state index in [1.807, 2.05) is 18.2 Å². The van der Waals surface area contributed by atoms with Crippen molar-refractivity contribution in [2.45, 2.75) is 6.61 Å². The van der Waals surface area contributed by atoms with Gasteiger partial charge in [0.2, 0.25) is 0 Å². The molecule has 0 aliphatic heterocycles. The summed E-state index contributed by atoms with van der Waals surface area (Å²) in [5.41, 5.74) is 4.74. The van der Waals surface area contributed by atoms with Crippen molar-refractivity contribution in [2.24, 2.45) is 0 Å². The predicted molar refractivity (Wildman–Crippen MR) is 110 cm³/mol. The number of hydrogen-bond acceptors (Lipinski definition) is 5. The zero-order chi connectivity index (χ0) is 22.1. The first-order chi connectivity index (χ1) is 15.0. The topological polar surface area (TPSA) is 93.7 Å². The molecule has 0 spiro atoms. The molecule has 0 unspecified atom stereocenters. The highest BCUT2D eigenvalue weighted by Gasteiger charge is 2.16. The Labute approximate surface area is 177 Å². The number of carbonyl (C=O) groups is 3. The van der Waals surface area contributed by atoms with Crippen LogP contribution in [0.1, 0.15) is 26.3 Å². The van der Waals surface area contributed by atoms with Crippen LogP contribution in [-0.4, -0.2) is 24.4 Å². The molecule has 0 heterocycles. The molecule has 0 atom stereocenters. The van der Waals surface area contributed by atoms with Gasteiger partial charge in [0.1, 0.15) is 18.2 Å². The minimum atomic E-state index is -0.832. The van der Waals surface area contributed by atoms with Crippen molar-refractivity contribution in [3.63, 3.8) is 0 Å². The highest BCUT2D eigenvalue weighted by Crippen LogP contribution is 2.15. The highest BCUT2D eigenvalue weighted by molar-refractivity contribution is 5.96. The molecule has 31 heavy (non-hydrogen) atoms. The van der Waals surface area contributed by atoms with Crippen LogP contribution in [-0.2, 0) is 16.1 Å².